The Morgan fingerprint density at radius 3 is 2.87 bits per heavy atom. The van der Waals surface area contributed by atoms with Gasteiger partial charge in [0, 0.05) is 19.1 Å². The fraction of sp³-hybridized carbons (Fsp3) is 0.909. The van der Waals surface area contributed by atoms with Gasteiger partial charge in [-0.2, -0.15) is 0 Å². The fourth-order valence-corrected chi connectivity index (χ4v) is 2.60. The predicted octanol–water partition coefficient (Wildman–Crippen LogP) is 0.969. The van der Waals surface area contributed by atoms with Crippen LogP contribution >= 0.6 is 0 Å². The molecule has 3 rings (SSSR count). The molecule has 0 aromatic rings. The highest BCUT2D eigenvalue weighted by Gasteiger charge is 2.38. The topological polar surface area (TPSA) is 41.6 Å². The Morgan fingerprint density at radius 2 is 2.13 bits per heavy atom. The molecule has 1 N–H and O–H groups in total. The zero-order valence-electron chi connectivity index (χ0n) is 8.95. The molecule has 0 bridgehead atoms. The van der Waals surface area contributed by atoms with E-state index in [0.29, 0.717) is 12.0 Å². The molecule has 1 saturated carbocycles. The molecule has 2 heterocycles. The van der Waals surface area contributed by atoms with Crippen LogP contribution in [0.25, 0.3) is 0 Å². The number of nitrogens with zero attached hydrogens (tertiary/aromatic N) is 1. The van der Waals surface area contributed by atoms with Crippen molar-refractivity contribution in [1.29, 1.82) is 0 Å². The summed E-state index contributed by atoms with van der Waals surface area (Å²) in [4.78, 5) is 13.6. The van der Waals surface area contributed by atoms with Gasteiger partial charge >= 0.3 is 6.09 Å². The lowest BCUT2D eigenvalue weighted by atomic mass is 9.94. The van der Waals surface area contributed by atoms with Crippen LogP contribution in [0.4, 0.5) is 4.79 Å². The van der Waals surface area contributed by atoms with E-state index in [-0.39, 0.29) is 12.2 Å². The lowest BCUT2D eigenvalue weighted by Gasteiger charge is -2.24. The number of rotatable bonds is 1. The third kappa shape index (κ3) is 1.95. The van der Waals surface area contributed by atoms with Crippen molar-refractivity contribution in [2.75, 3.05) is 19.6 Å². The number of amides is 1. The standard InChI is InChI=1S/C11H18N2O2/c14-11(15-9-3-4-9)13-6-8-2-1-5-12-10(8)7-13/h8-10,12H,1-7H2. The molecule has 4 nitrogen and oxygen atoms in total. The maximum absolute atomic E-state index is 11.7. The largest absolute Gasteiger partial charge is 0.446 e. The summed E-state index contributed by atoms with van der Waals surface area (Å²) >= 11 is 0. The van der Waals surface area contributed by atoms with Gasteiger partial charge in [-0.15, -0.1) is 0 Å². The number of hydrogen-bond donors (Lipinski definition) is 1. The van der Waals surface area contributed by atoms with Crippen LogP contribution in [-0.4, -0.2) is 42.8 Å². The first-order valence-electron chi connectivity index (χ1n) is 6.02. The number of carbonyl (C=O) groups excluding carboxylic acids is 1. The third-order valence-electron chi connectivity index (χ3n) is 3.65. The maximum atomic E-state index is 11.7. The van der Waals surface area contributed by atoms with Crippen molar-refractivity contribution in [2.24, 2.45) is 5.92 Å². The van der Waals surface area contributed by atoms with E-state index in [1.807, 2.05) is 4.90 Å². The van der Waals surface area contributed by atoms with Gasteiger partial charge in [0.05, 0.1) is 0 Å². The van der Waals surface area contributed by atoms with Crippen LogP contribution in [0, 0.1) is 5.92 Å². The minimum absolute atomic E-state index is 0.0892. The fourth-order valence-electron chi connectivity index (χ4n) is 2.60. The minimum atomic E-state index is -0.0892. The quantitative estimate of drug-likeness (QED) is 0.701. The Hall–Kier alpha value is -0.770. The van der Waals surface area contributed by atoms with Crippen molar-refractivity contribution in [3.05, 3.63) is 0 Å². The van der Waals surface area contributed by atoms with Crippen molar-refractivity contribution in [3.63, 3.8) is 0 Å². The van der Waals surface area contributed by atoms with E-state index in [4.69, 9.17) is 4.74 Å². The number of ether oxygens (including phenoxy) is 1. The van der Waals surface area contributed by atoms with E-state index in [2.05, 4.69) is 5.32 Å². The molecular formula is C11H18N2O2. The lowest BCUT2D eigenvalue weighted by molar-refractivity contribution is 0.102. The highest BCUT2D eigenvalue weighted by atomic mass is 16.6. The summed E-state index contributed by atoms with van der Waals surface area (Å²) in [5.74, 6) is 0.658. The average Bonchev–Trinajstić information content (AvgIpc) is 2.95. The summed E-state index contributed by atoms with van der Waals surface area (Å²) in [6.45, 7) is 2.84. The number of likely N-dealkylation sites (tertiary alicyclic amines) is 1. The van der Waals surface area contributed by atoms with E-state index in [1.165, 1.54) is 12.8 Å². The smallest absolute Gasteiger partial charge is 0.410 e. The Balaban J connectivity index is 1.56. The van der Waals surface area contributed by atoms with Gasteiger partial charge in [0.15, 0.2) is 0 Å². The molecule has 0 spiro atoms. The molecule has 2 aliphatic heterocycles. The van der Waals surface area contributed by atoms with Crippen molar-refractivity contribution < 1.29 is 9.53 Å². The number of nitrogens with one attached hydrogen (secondary N) is 1. The highest BCUT2D eigenvalue weighted by molar-refractivity contribution is 5.68. The minimum Gasteiger partial charge on any atom is -0.446 e. The summed E-state index contributed by atoms with van der Waals surface area (Å²) in [7, 11) is 0. The van der Waals surface area contributed by atoms with Crippen LogP contribution in [0.15, 0.2) is 0 Å². The van der Waals surface area contributed by atoms with E-state index in [9.17, 15) is 4.79 Å². The van der Waals surface area contributed by atoms with Crippen molar-refractivity contribution in [2.45, 2.75) is 37.8 Å². The number of carbonyl (C=O) groups is 1. The van der Waals surface area contributed by atoms with Gasteiger partial charge < -0.3 is 15.0 Å². The summed E-state index contributed by atoms with van der Waals surface area (Å²) in [6.07, 6.45) is 4.76. The molecule has 2 unspecified atom stereocenters. The molecule has 1 amide bonds. The molecule has 15 heavy (non-hydrogen) atoms. The van der Waals surface area contributed by atoms with Gasteiger partial charge in [0.2, 0.25) is 0 Å². The van der Waals surface area contributed by atoms with Gasteiger partial charge in [0.1, 0.15) is 6.10 Å². The summed E-state index contributed by atoms with van der Waals surface area (Å²) in [5, 5.41) is 3.49. The average molecular weight is 210 g/mol. The summed E-state index contributed by atoms with van der Waals surface area (Å²) in [5.41, 5.74) is 0. The van der Waals surface area contributed by atoms with E-state index in [0.717, 1.165) is 32.5 Å². The normalized spacial score (nSPS) is 35.1. The molecule has 0 radical (unpaired) electrons. The van der Waals surface area contributed by atoms with E-state index < -0.39 is 0 Å². The van der Waals surface area contributed by atoms with E-state index in [1.54, 1.807) is 0 Å². The first-order chi connectivity index (χ1) is 7.33. The van der Waals surface area contributed by atoms with Gasteiger partial charge in [-0.3, -0.25) is 0 Å². The molecule has 3 fully saturated rings. The molecule has 84 valence electrons. The monoisotopic (exact) mass is 210 g/mol. The Labute approximate surface area is 90.0 Å². The molecule has 0 aromatic heterocycles. The zero-order valence-corrected chi connectivity index (χ0v) is 8.95. The lowest BCUT2D eigenvalue weighted by Crippen LogP contribution is -2.41. The Bertz CT molecular complexity index is 251. The first-order valence-corrected chi connectivity index (χ1v) is 6.02. The summed E-state index contributed by atoms with van der Waals surface area (Å²) in [6, 6.07) is 0.519. The molecule has 2 atom stereocenters. The molecular weight excluding hydrogens is 192 g/mol. The summed E-state index contributed by atoms with van der Waals surface area (Å²) < 4.78 is 5.31. The Kier molecular flexibility index (Phi) is 2.31. The van der Waals surface area contributed by atoms with Crippen molar-refractivity contribution in [3.8, 4) is 0 Å². The first kappa shape index (κ1) is 9.46. The Morgan fingerprint density at radius 1 is 1.27 bits per heavy atom. The zero-order chi connectivity index (χ0) is 10.3. The second-order valence-electron chi connectivity index (χ2n) is 4.95. The number of piperidine rings is 1. The highest BCUT2D eigenvalue weighted by Crippen LogP contribution is 2.28. The van der Waals surface area contributed by atoms with Crippen LogP contribution in [0.2, 0.25) is 0 Å². The van der Waals surface area contributed by atoms with Gasteiger partial charge in [-0.1, -0.05) is 0 Å². The molecule has 0 aromatic carbocycles. The molecule has 1 aliphatic carbocycles. The van der Waals surface area contributed by atoms with Crippen LogP contribution in [0.3, 0.4) is 0 Å². The predicted molar refractivity (Wildman–Crippen MR) is 55.6 cm³/mol. The number of fused-ring (bicyclic) bond motifs is 1. The molecule has 3 aliphatic rings. The second-order valence-corrected chi connectivity index (χ2v) is 4.95. The van der Waals surface area contributed by atoms with Gasteiger partial charge in [-0.25, -0.2) is 4.79 Å². The van der Waals surface area contributed by atoms with Crippen LogP contribution in [-0.2, 0) is 4.74 Å². The van der Waals surface area contributed by atoms with E-state index >= 15 is 0 Å². The van der Waals surface area contributed by atoms with Crippen molar-refractivity contribution >= 4 is 6.09 Å². The maximum Gasteiger partial charge on any atom is 0.410 e. The second kappa shape index (κ2) is 3.67. The third-order valence-corrected chi connectivity index (χ3v) is 3.65. The molecule has 4 heteroatoms. The molecule has 2 saturated heterocycles. The number of hydrogen-bond acceptors (Lipinski definition) is 3. The SMILES string of the molecule is O=C(OC1CC1)N1CC2CCCNC2C1. The van der Waals surface area contributed by atoms with Crippen molar-refractivity contribution in [1.82, 2.24) is 10.2 Å². The van der Waals surface area contributed by atoms with Gasteiger partial charge in [0.25, 0.3) is 0 Å². The van der Waals surface area contributed by atoms with Crippen LogP contribution < -0.4 is 5.32 Å². The van der Waals surface area contributed by atoms with Crippen LogP contribution in [0.5, 0.6) is 0 Å². The van der Waals surface area contributed by atoms with Gasteiger partial charge in [-0.05, 0) is 38.1 Å². The van der Waals surface area contributed by atoms with Crippen LogP contribution in [0.1, 0.15) is 25.7 Å².